The number of benzene rings is 1. The molecule has 2 nitrogen and oxygen atoms in total. The van der Waals surface area contributed by atoms with E-state index in [1.165, 1.54) is 5.56 Å². The predicted octanol–water partition coefficient (Wildman–Crippen LogP) is 3.95. The fourth-order valence-corrected chi connectivity index (χ4v) is 2.63. The first-order valence-corrected chi connectivity index (χ1v) is 7.23. The molecule has 0 radical (unpaired) electrons. The van der Waals surface area contributed by atoms with Crippen molar-refractivity contribution in [2.75, 3.05) is 6.61 Å². The van der Waals surface area contributed by atoms with E-state index in [4.69, 9.17) is 16.3 Å². The summed E-state index contributed by atoms with van der Waals surface area (Å²) in [6.07, 6.45) is 3.84. The second kappa shape index (κ2) is 6.55. The molecule has 1 aromatic carbocycles. The van der Waals surface area contributed by atoms with Crippen molar-refractivity contribution in [3.8, 4) is 0 Å². The van der Waals surface area contributed by atoms with Crippen LogP contribution < -0.4 is 5.32 Å². The van der Waals surface area contributed by atoms with Crippen molar-refractivity contribution in [2.24, 2.45) is 0 Å². The van der Waals surface area contributed by atoms with Crippen molar-refractivity contribution in [3.05, 3.63) is 34.9 Å². The highest BCUT2D eigenvalue weighted by molar-refractivity contribution is 6.30. The van der Waals surface area contributed by atoms with Gasteiger partial charge in [0.25, 0.3) is 0 Å². The lowest BCUT2D eigenvalue weighted by atomic mass is 9.87. The molecule has 0 aliphatic heterocycles. The van der Waals surface area contributed by atoms with E-state index < -0.39 is 0 Å². The molecular weight excluding hydrogens is 246 g/mol. The smallest absolute Gasteiger partial charge is 0.0604 e. The van der Waals surface area contributed by atoms with Crippen LogP contribution >= 0.6 is 11.6 Å². The van der Waals surface area contributed by atoms with Gasteiger partial charge in [0, 0.05) is 23.7 Å². The van der Waals surface area contributed by atoms with Crippen molar-refractivity contribution in [2.45, 2.75) is 51.3 Å². The van der Waals surface area contributed by atoms with Crippen molar-refractivity contribution in [3.63, 3.8) is 0 Å². The van der Waals surface area contributed by atoms with Crippen LogP contribution in [-0.4, -0.2) is 18.8 Å². The van der Waals surface area contributed by atoms with Crippen molar-refractivity contribution in [1.82, 2.24) is 5.32 Å². The molecule has 1 aromatic rings. The molecule has 0 aromatic heterocycles. The molecule has 0 heterocycles. The van der Waals surface area contributed by atoms with Crippen LogP contribution in [0.3, 0.4) is 0 Å². The van der Waals surface area contributed by atoms with Gasteiger partial charge < -0.3 is 10.1 Å². The maximum atomic E-state index is 5.92. The molecule has 1 unspecified atom stereocenters. The minimum absolute atomic E-state index is 0.426. The standard InChI is InChI=1S/C15H22ClNO/c1-3-15(11-5-7-12(16)8-6-11)17-13-9-14(10-13)18-4-2/h5-8,13-15,17H,3-4,9-10H2,1-2H3. The van der Waals surface area contributed by atoms with E-state index >= 15 is 0 Å². The van der Waals surface area contributed by atoms with Gasteiger partial charge in [-0.3, -0.25) is 0 Å². The molecule has 3 heteroatoms. The summed E-state index contributed by atoms with van der Waals surface area (Å²) in [4.78, 5) is 0. The monoisotopic (exact) mass is 267 g/mol. The molecule has 1 fully saturated rings. The van der Waals surface area contributed by atoms with Gasteiger partial charge in [-0.1, -0.05) is 30.7 Å². The average Bonchev–Trinajstić information content (AvgIpc) is 2.33. The zero-order chi connectivity index (χ0) is 13.0. The van der Waals surface area contributed by atoms with Crippen LogP contribution in [0.4, 0.5) is 0 Å². The van der Waals surface area contributed by atoms with Crippen LogP contribution in [0.15, 0.2) is 24.3 Å². The quantitative estimate of drug-likeness (QED) is 0.843. The Balaban J connectivity index is 1.85. The average molecular weight is 268 g/mol. The lowest BCUT2D eigenvalue weighted by Crippen LogP contribution is -2.46. The van der Waals surface area contributed by atoms with E-state index in [-0.39, 0.29) is 0 Å². The first-order valence-electron chi connectivity index (χ1n) is 6.86. The largest absolute Gasteiger partial charge is 0.378 e. The second-order valence-electron chi connectivity index (χ2n) is 4.92. The van der Waals surface area contributed by atoms with Gasteiger partial charge in [-0.05, 0) is 43.9 Å². The summed E-state index contributed by atoms with van der Waals surface area (Å²) < 4.78 is 5.59. The predicted molar refractivity (Wildman–Crippen MR) is 76.1 cm³/mol. The molecule has 1 aliphatic carbocycles. The maximum absolute atomic E-state index is 5.92. The Bertz CT molecular complexity index is 359. The molecule has 2 rings (SSSR count). The molecule has 1 aliphatic rings. The number of halogens is 1. The summed E-state index contributed by atoms with van der Waals surface area (Å²) in [5, 5.41) is 4.50. The third-order valence-corrected chi connectivity index (χ3v) is 3.87. The first kappa shape index (κ1) is 13.9. The molecule has 0 amide bonds. The number of ether oxygens (including phenoxy) is 1. The third-order valence-electron chi connectivity index (χ3n) is 3.61. The molecule has 100 valence electrons. The summed E-state index contributed by atoms with van der Waals surface area (Å²) in [5.41, 5.74) is 1.32. The summed E-state index contributed by atoms with van der Waals surface area (Å²) in [5.74, 6) is 0. The minimum Gasteiger partial charge on any atom is -0.378 e. The molecule has 1 N–H and O–H groups in total. The lowest BCUT2D eigenvalue weighted by Gasteiger charge is -2.38. The number of hydrogen-bond acceptors (Lipinski definition) is 2. The Morgan fingerprint density at radius 3 is 2.50 bits per heavy atom. The Hall–Kier alpha value is -0.570. The number of nitrogens with one attached hydrogen (secondary N) is 1. The van der Waals surface area contributed by atoms with Crippen LogP contribution in [-0.2, 0) is 4.74 Å². The van der Waals surface area contributed by atoms with Gasteiger partial charge in [0.2, 0.25) is 0 Å². The van der Waals surface area contributed by atoms with Crippen molar-refractivity contribution in [1.29, 1.82) is 0 Å². The van der Waals surface area contributed by atoms with E-state index in [9.17, 15) is 0 Å². The van der Waals surface area contributed by atoms with Gasteiger partial charge in [-0.25, -0.2) is 0 Å². The molecule has 1 atom stereocenters. The molecule has 0 spiro atoms. The highest BCUT2D eigenvalue weighted by Crippen LogP contribution is 2.27. The number of hydrogen-bond donors (Lipinski definition) is 1. The van der Waals surface area contributed by atoms with Crippen LogP contribution in [0.2, 0.25) is 5.02 Å². The van der Waals surface area contributed by atoms with Crippen molar-refractivity contribution >= 4 is 11.6 Å². The first-order chi connectivity index (χ1) is 8.72. The summed E-state index contributed by atoms with van der Waals surface area (Å²) in [6, 6.07) is 9.18. The van der Waals surface area contributed by atoms with E-state index in [2.05, 4.69) is 31.3 Å². The molecular formula is C15H22ClNO. The Morgan fingerprint density at radius 1 is 1.28 bits per heavy atom. The van der Waals surface area contributed by atoms with E-state index in [1.54, 1.807) is 0 Å². The summed E-state index contributed by atoms with van der Waals surface area (Å²) in [7, 11) is 0. The van der Waals surface area contributed by atoms with Gasteiger partial charge in [0.1, 0.15) is 0 Å². The number of rotatable bonds is 6. The van der Waals surface area contributed by atoms with E-state index in [0.717, 1.165) is 30.9 Å². The lowest BCUT2D eigenvalue weighted by molar-refractivity contribution is -0.0126. The molecule has 0 bridgehead atoms. The SMILES string of the molecule is CCOC1CC(NC(CC)c2ccc(Cl)cc2)C1. The van der Waals surface area contributed by atoms with Crippen molar-refractivity contribution < 1.29 is 4.74 Å². The molecule has 1 saturated carbocycles. The van der Waals surface area contributed by atoms with Crippen LogP contribution in [0.25, 0.3) is 0 Å². The van der Waals surface area contributed by atoms with Gasteiger partial charge in [-0.2, -0.15) is 0 Å². The fourth-order valence-electron chi connectivity index (χ4n) is 2.50. The second-order valence-corrected chi connectivity index (χ2v) is 5.36. The van der Waals surface area contributed by atoms with E-state index in [1.807, 2.05) is 12.1 Å². The van der Waals surface area contributed by atoms with Gasteiger partial charge in [-0.15, -0.1) is 0 Å². The highest BCUT2D eigenvalue weighted by Gasteiger charge is 2.30. The Kier molecular flexibility index (Phi) is 5.04. The highest BCUT2D eigenvalue weighted by atomic mass is 35.5. The van der Waals surface area contributed by atoms with Crippen LogP contribution in [0.5, 0.6) is 0 Å². The van der Waals surface area contributed by atoms with E-state index in [0.29, 0.717) is 18.2 Å². The fraction of sp³-hybridized carbons (Fsp3) is 0.600. The summed E-state index contributed by atoms with van der Waals surface area (Å²) in [6.45, 7) is 5.10. The Labute approximate surface area is 115 Å². The van der Waals surface area contributed by atoms with Gasteiger partial charge >= 0.3 is 0 Å². The topological polar surface area (TPSA) is 21.3 Å². The zero-order valence-corrected chi connectivity index (χ0v) is 11.9. The normalized spacial score (nSPS) is 24.6. The minimum atomic E-state index is 0.426. The Morgan fingerprint density at radius 2 is 1.94 bits per heavy atom. The molecule has 0 saturated heterocycles. The molecule has 18 heavy (non-hydrogen) atoms. The van der Waals surface area contributed by atoms with Gasteiger partial charge in [0.05, 0.1) is 6.10 Å². The zero-order valence-electron chi connectivity index (χ0n) is 11.2. The maximum Gasteiger partial charge on any atom is 0.0604 e. The van der Waals surface area contributed by atoms with Crippen LogP contribution in [0.1, 0.15) is 44.7 Å². The van der Waals surface area contributed by atoms with Crippen LogP contribution in [0, 0.1) is 0 Å². The van der Waals surface area contributed by atoms with Gasteiger partial charge in [0.15, 0.2) is 0 Å². The third kappa shape index (κ3) is 3.47. The summed E-state index contributed by atoms with van der Waals surface area (Å²) >= 11 is 5.92.